The third-order valence-corrected chi connectivity index (χ3v) is 5.28. The SMILES string of the molecule is Cl.Cn1cnnc1-c1cccc(NC(=O)C2CC3CCCCC3N2)c1. The second kappa shape index (κ2) is 7.54. The van der Waals surface area contributed by atoms with Crippen molar-refractivity contribution in [1.82, 2.24) is 20.1 Å². The van der Waals surface area contributed by atoms with Crippen molar-refractivity contribution in [3.63, 3.8) is 0 Å². The van der Waals surface area contributed by atoms with Crippen molar-refractivity contribution in [2.75, 3.05) is 5.32 Å². The van der Waals surface area contributed by atoms with Crippen LogP contribution in [0.15, 0.2) is 30.6 Å². The van der Waals surface area contributed by atoms with E-state index in [1.54, 1.807) is 6.33 Å². The van der Waals surface area contributed by atoms with Gasteiger partial charge < -0.3 is 15.2 Å². The number of rotatable bonds is 3. The van der Waals surface area contributed by atoms with Crippen LogP contribution in [-0.4, -0.2) is 32.8 Å². The Hall–Kier alpha value is -1.92. The first-order valence-corrected chi connectivity index (χ1v) is 8.72. The maximum atomic E-state index is 12.6. The number of nitrogens with zero attached hydrogens (tertiary/aromatic N) is 3. The van der Waals surface area contributed by atoms with Gasteiger partial charge >= 0.3 is 0 Å². The van der Waals surface area contributed by atoms with Crippen LogP contribution in [0.4, 0.5) is 5.69 Å². The van der Waals surface area contributed by atoms with Crippen molar-refractivity contribution in [1.29, 1.82) is 0 Å². The first-order valence-electron chi connectivity index (χ1n) is 8.72. The summed E-state index contributed by atoms with van der Waals surface area (Å²) in [7, 11) is 1.91. The molecular weight excluding hydrogens is 338 g/mol. The summed E-state index contributed by atoms with van der Waals surface area (Å²) >= 11 is 0. The van der Waals surface area contributed by atoms with Crippen LogP contribution in [0.5, 0.6) is 0 Å². The second-order valence-electron chi connectivity index (χ2n) is 6.94. The van der Waals surface area contributed by atoms with Gasteiger partial charge in [-0.05, 0) is 37.3 Å². The Morgan fingerprint density at radius 2 is 2.16 bits per heavy atom. The van der Waals surface area contributed by atoms with Gasteiger partial charge in [0.05, 0.1) is 6.04 Å². The smallest absolute Gasteiger partial charge is 0.241 e. The van der Waals surface area contributed by atoms with Gasteiger partial charge in [-0.3, -0.25) is 4.79 Å². The minimum Gasteiger partial charge on any atom is -0.325 e. The lowest BCUT2D eigenvalue weighted by Crippen LogP contribution is -2.39. The molecule has 3 unspecified atom stereocenters. The van der Waals surface area contributed by atoms with E-state index >= 15 is 0 Å². The van der Waals surface area contributed by atoms with Gasteiger partial charge in [0, 0.05) is 24.3 Å². The quantitative estimate of drug-likeness (QED) is 0.881. The number of benzene rings is 1. The summed E-state index contributed by atoms with van der Waals surface area (Å²) in [5.74, 6) is 1.52. The number of anilines is 1. The van der Waals surface area contributed by atoms with Crippen LogP contribution in [-0.2, 0) is 11.8 Å². The van der Waals surface area contributed by atoms with Crippen LogP contribution in [0.2, 0.25) is 0 Å². The molecule has 25 heavy (non-hydrogen) atoms. The van der Waals surface area contributed by atoms with Crippen LogP contribution in [0.25, 0.3) is 11.4 Å². The molecule has 1 aliphatic heterocycles. The van der Waals surface area contributed by atoms with Crippen molar-refractivity contribution < 1.29 is 4.79 Å². The average molecular weight is 362 g/mol. The molecule has 1 aromatic carbocycles. The minimum atomic E-state index is -0.0726. The molecule has 2 aliphatic rings. The van der Waals surface area contributed by atoms with Crippen molar-refractivity contribution >= 4 is 24.0 Å². The molecule has 7 heteroatoms. The molecule has 4 rings (SSSR count). The van der Waals surface area contributed by atoms with E-state index < -0.39 is 0 Å². The van der Waals surface area contributed by atoms with E-state index in [0.717, 1.165) is 23.5 Å². The van der Waals surface area contributed by atoms with Gasteiger partial charge in [-0.15, -0.1) is 22.6 Å². The van der Waals surface area contributed by atoms with Crippen LogP contribution in [0.1, 0.15) is 32.1 Å². The Morgan fingerprint density at radius 1 is 1.32 bits per heavy atom. The van der Waals surface area contributed by atoms with Crippen LogP contribution < -0.4 is 10.6 Å². The Morgan fingerprint density at radius 3 is 2.92 bits per heavy atom. The summed E-state index contributed by atoms with van der Waals surface area (Å²) in [6, 6.07) is 8.23. The molecule has 0 radical (unpaired) electrons. The van der Waals surface area contributed by atoms with Crippen LogP contribution in [0.3, 0.4) is 0 Å². The number of carbonyl (C=O) groups is 1. The van der Waals surface area contributed by atoms with Gasteiger partial charge in [-0.25, -0.2) is 0 Å². The molecule has 6 nitrogen and oxygen atoms in total. The third kappa shape index (κ3) is 3.70. The summed E-state index contributed by atoms with van der Waals surface area (Å²) in [6.45, 7) is 0. The monoisotopic (exact) mass is 361 g/mol. The molecule has 1 aromatic heterocycles. The zero-order valence-electron chi connectivity index (χ0n) is 14.3. The van der Waals surface area contributed by atoms with Gasteiger partial charge in [-0.1, -0.05) is 25.0 Å². The van der Waals surface area contributed by atoms with Gasteiger partial charge in [0.2, 0.25) is 5.91 Å². The van der Waals surface area contributed by atoms with Crippen molar-refractivity contribution in [3.05, 3.63) is 30.6 Å². The van der Waals surface area contributed by atoms with Gasteiger partial charge in [0.25, 0.3) is 0 Å². The topological polar surface area (TPSA) is 71.8 Å². The molecule has 1 amide bonds. The molecule has 134 valence electrons. The van der Waals surface area contributed by atoms with Crippen molar-refractivity contribution in [3.8, 4) is 11.4 Å². The largest absolute Gasteiger partial charge is 0.325 e. The summed E-state index contributed by atoms with van der Waals surface area (Å²) in [6.07, 6.45) is 7.67. The summed E-state index contributed by atoms with van der Waals surface area (Å²) in [5.41, 5.74) is 1.75. The molecule has 2 N–H and O–H groups in total. The second-order valence-corrected chi connectivity index (χ2v) is 6.94. The molecule has 3 atom stereocenters. The lowest BCUT2D eigenvalue weighted by atomic mass is 9.85. The zero-order chi connectivity index (χ0) is 16.5. The van der Waals surface area contributed by atoms with E-state index in [-0.39, 0.29) is 24.4 Å². The fourth-order valence-electron chi connectivity index (χ4n) is 4.03. The Balaban J connectivity index is 0.00000182. The summed E-state index contributed by atoms with van der Waals surface area (Å²) in [4.78, 5) is 12.6. The van der Waals surface area contributed by atoms with Gasteiger partial charge in [0.15, 0.2) is 5.82 Å². The predicted octanol–water partition coefficient (Wildman–Crippen LogP) is 2.76. The molecule has 0 spiro atoms. The average Bonchev–Trinajstić information content (AvgIpc) is 3.21. The Kier molecular flexibility index (Phi) is 5.39. The van der Waals surface area contributed by atoms with E-state index in [1.165, 1.54) is 25.7 Å². The van der Waals surface area contributed by atoms with Gasteiger partial charge in [0.1, 0.15) is 6.33 Å². The molecule has 2 fully saturated rings. The molecule has 2 aromatic rings. The number of aryl methyl sites for hydroxylation is 1. The number of aromatic nitrogens is 3. The van der Waals surface area contributed by atoms with Gasteiger partial charge in [-0.2, -0.15) is 0 Å². The highest BCUT2D eigenvalue weighted by molar-refractivity contribution is 5.95. The summed E-state index contributed by atoms with van der Waals surface area (Å²) in [5, 5.41) is 14.6. The number of amides is 1. The molecular formula is C18H24ClN5O. The van der Waals surface area contributed by atoms with E-state index in [2.05, 4.69) is 20.8 Å². The number of fused-ring (bicyclic) bond motifs is 1. The maximum absolute atomic E-state index is 12.6. The molecule has 1 aliphatic carbocycles. The maximum Gasteiger partial charge on any atom is 0.241 e. The number of halogens is 1. The first kappa shape index (κ1) is 17.9. The Labute approximate surface area is 153 Å². The highest BCUT2D eigenvalue weighted by Gasteiger charge is 2.38. The highest BCUT2D eigenvalue weighted by Crippen LogP contribution is 2.33. The van der Waals surface area contributed by atoms with Crippen LogP contribution >= 0.6 is 12.4 Å². The van der Waals surface area contributed by atoms with E-state index in [9.17, 15) is 4.79 Å². The first-order chi connectivity index (χ1) is 11.7. The number of hydrogen-bond acceptors (Lipinski definition) is 4. The van der Waals surface area contributed by atoms with E-state index in [0.29, 0.717) is 12.0 Å². The molecule has 1 saturated carbocycles. The third-order valence-electron chi connectivity index (χ3n) is 5.28. The molecule has 1 saturated heterocycles. The van der Waals surface area contributed by atoms with E-state index in [1.807, 2.05) is 35.9 Å². The minimum absolute atomic E-state index is 0. The number of carbonyl (C=O) groups excluding carboxylic acids is 1. The summed E-state index contributed by atoms with van der Waals surface area (Å²) < 4.78 is 1.87. The van der Waals surface area contributed by atoms with Crippen molar-refractivity contribution in [2.45, 2.75) is 44.2 Å². The lowest BCUT2D eigenvalue weighted by Gasteiger charge is -2.24. The number of nitrogens with one attached hydrogen (secondary N) is 2. The predicted molar refractivity (Wildman–Crippen MR) is 99.6 cm³/mol. The molecule has 2 heterocycles. The zero-order valence-corrected chi connectivity index (χ0v) is 15.1. The van der Waals surface area contributed by atoms with Crippen molar-refractivity contribution in [2.24, 2.45) is 13.0 Å². The Bertz CT molecular complexity index is 733. The lowest BCUT2D eigenvalue weighted by molar-refractivity contribution is -0.117. The fraction of sp³-hybridized carbons (Fsp3) is 0.500. The highest BCUT2D eigenvalue weighted by atomic mass is 35.5. The fourth-order valence-corrected chi connectivity index (χ4v) is 4.03. The van der Waals surface area contributed by atoms with Crippen LogP contribution in [0, 0.1) is 5.92 Å². The molecule has 0 bridgehead atoms. The standard InChI is InChI=1S/C18H23N5O.ClH/c1-23-11-19-22-17(23)13-6-4-7-14(9-13)20-18(24)16-10-12-5-2-3-8-15(12)21-16;/h4,6-7,9,11-12,15-16,21H,2-3,5,8,10H2,1H3,(H,20,24);1H. The normalized spacial score (nSPS) is 25.1. The van der Waals surface area contributed by atoms with E-state index in [4.69, 9.17) is 0 Å². The number of hydrogen-bond donors (Lipinski definition) is 2.